The zero-order valence-electron chi connectivity index (χ0n) is 16.8. The number of para-hydroxylation sites is 1. The van der Waals surface area contributed by atoms with Gasteiger partial charge in [-0.25, -0.2) is 13.2 Å². The Hall–Kier alpha value is -3.56. The molecule has 0 aromatic heterocycles. The van der Waals surface area contributed by atoms with Crippen molar-refractivity contribution in [1.82, 2.24) is 5.32 Å². The average Bonchev–Trinajstić information content (AvgIpc) is 2.73. The van der Waals surface area contributed by atoms with Crippen LogP contribution in [0.4, 0.5) is 18.9 Å². The van der Waals surface area contributed by atoms with Crippen molar-refractivity contribution >= 4 is 23.5 Å². The van der Waals surface area contributed by atoms with Crippen molar-refractivity contribution in [3.8, 4) is 5.75 Å². The van der Waals surface area contributed by atoms with Crippen molar-refractivity contribution in [1.29, 1.82) is 0 Å². The lowest BCUT2D eigenvalue weighted by Crippen LogP contribution is -2.40. The summed E-state index contributed by atoms with van der Waals surface area (Å²) in [6.07, 6.45) is -1.29. The summed E-state index contributed by atoms with van der Waals surface area (Å²) in [5.74, 6) is -6.39. The fourth-order valence-corrected chi connectivity index (χ4v) is 2.40. The molecule has 7 nitrogen and oxygen atoms in total. The summed E-state index contributed by atoms with van der Waals surface area (Å²) < 4.78 is 50.0. The second kappa shape index (κ2) is 11.0. The van der Waals surface area contributed by atoms with Crippen molar-refractivity contribution in [3.63, 3.8) is 0 Å². The average molecular weight is 438 g/mol. The van der Waals surface area contributed by atoms with Gasteiger partial charge in [-0.1, -0.05) is 18.2 Å². The predicted molar refractivity (Wildman–Crippen MR) is 105 cm³/mol. The lowest BCUT2D eigenvalue weighted by Gasteiger charge is -2.14. The Bertz CT molecular complexity index is 968. The summed E-state index contributed by atoms with van der Waals surface area (Å²) in [7, 11) is 0. The zero-order valence-corrected chi connectivity index (χ0v) is 16.8. The number of carbonyl (C=O) groups is 3. The lowest BCUT2D eigenvalue weighted by atomic mass is 10.2. The molecule has 0 aliphatic carbocycles. The molecule has 1 unspecified atom stereocenters. The second-order valence-electron chi connectivity index (χ2n) is 6.48. The molecule has 2 N–H and O–H groups in total. The van der Waals surface area contributed by atoms with Gasteiger partial charge >= 0.3 is 5.97 Å². The molecule has 0 bridgehead atoms. The lowest BCUT2D eigenvalue weighted by molar-refractivity contribution is -0.155. The van der Waals surface area contributed by atoms with Gasteiger partial charge in [0, 0.05) is 0 Å². The van der Waals surface area contributed by atoms with Crippen molar-refractivity contribution in [2.45, 2.75) is 26.4 Å². The second-order valence-corrected chi connectivity index (χ2v) is 6.48. The van der Waals surface area contributed by atoms with Gasteiger partial charge in [0.25, 0.3) is 5.91 Å². The molecule has 0 saturated heterocycles. The zero-order chi connectivity index (χ0) is 23.0. The molecule has 0 fully saturated rings. The minimum absolute atomic E-state index is 0.0558. The molecule has 2 amide bonds. The van der Waals surface area contributed by atoms with E-state index in [-0.39, 0.29) is 13.0 Å². The van der Waals surface area contributed by atoms with Gasteiger partial charge in [0.05, 0.1) is 25.3 Å². The van der Waals surface area contributed by atoms with Crippen LogP contribution in [0.1, 0.15) is 18.9 Å². The molecule has 2 aromatic carbocycles. The quantitative estimate of drug-likeness (QED) is 0.464. The summed E-state index contributed by atoms with van der Waals surface area (Å²) in [5.41, 5.74) is 0.330. The van der Waals surface area contributed by atoms with E-state index < -0.39 is 53.6 Å². The van der Waals surface area contributed by atoms with E-state index in [0.717, 1.165) is 11.6 Å². The number of nitrogens with one attached hydrogen (secondary N) is 2. The monoisotopic (exact) mass is 438 g/mol. The number of esters is 1. The van der Waals surface area contributed by atoms with E-state index in [2.05, 4.69) is 5.32 Å². The summed E-state index contributed by atoms with van der Waals surface area (Å²) in [5, 5.41) is 4.19. The van der Waals surface area contributed by atoms with Gasteiger partial charge in [-0.15, -0.1) is 0 Å². The van der Waals surface area contributed by atoms with Crippen molar-refractivity contribution in [3.05, 3.63) is 59.4 Å². The molecule has 2 rings (SSSR count). The van der Waals surface area contributed by atoms with Gasteiger partial charge in [0.15, 0.2) is 23.6 Å². The summed E-state index contributed by atoms with van der Waals surface area (Å²) in [6.45, 7) is 2.62. The number of halogens is 3. The highest BCUT2D eigenvalue weighted by Gasteiger charge is 2.20. The maximum Gasteiger partial charge on any atom is 0.310 e. The molecular weight excluding hydrogens is 417 g/mol. The van der Waals surface area contributed by atoms with Crippen LogP contribution in [0.2, 0.25) is 0 Å². The van der Waals surface area contributed by atoms with Gasteiger partial charge < -0.3 is 20.1 Å². The van der Waals surface area contributed by atoms with Crippen LogP contribution in [0, 0.1) is 24.4 Å². The number of hydrogen-bond acceptors (Lipinski definition) is 5. The van der Waals surface area contributed by atoms with E-state index in [9.17, 15) is 27.6 Å². The third-order valence-corrected chi connectivity index (χ3v) is 4.07. The van der Waals surface area contributed by atoms with E-state index in [1.54, 1.807) is 12.1 Å². The Morgan fingerprint density at radius 2 is 1.74 bits per heavy atom. The van der Waals surface area contributed by atoms with Gasteiger partial charge in [-0.05, 0) is 37.6 Å². The van der Waals surface area contributed by atoms with Crippen molar-refractivity contribution in [2.75, 3.05) is 18.5 Å². The minimum Gasteiger partial charge on any atom is -0.493 e. The van der Waals surface area contributed by atoms with E-state index in [0.29, 0.717) is 11.8 Å². The number of carbonyl (C=O) groups excluding carboxylic acids is 3. The van der Waals surface area contributed by atoms with Crippen LogP contribution in [0.5, 0.6) is 5.75 Å². The Morgan fingerprint density at radius 3 is 2.45 bits per heavy atom. The molecule has 31 heavy (non-hydrogen) atoms. The van der Waals surface area contributed by atoms with Crippen molar-refractivity contribution < 1.29 is 37.0 Å². The highest BCUT2D eigenvalue weighted by atomic mass is 19.2. The smallest absolute Gasteiger partial charge is 0.310 e. The van der Waals surface area contributed by atoms with E-state index in [4.69, 9.17) is 9.47 Å². The van der Waals surface area contributed by atoms with Crippen LogP contribution < -0.4 is 15.4 Å². The molecule has 166 valence electrons. The minimum atomic E-state index is -1.73. The Kier molecular flexibility index (Phi) is 8.42. The summed E-state index contributed by atoms with van der Waals surface area (Å²) in [6, 6.07) is 8.76. The third kappa shape index (κ3) is 7.02. The molecule has 2 aromatic rings. The molecular formula is C21H21F3N2O5. The van der Waals surface area contributed by atoms with Crippen LogP contribution >= 0.6 is 0 Å². The van der Waals surface area contributed by atoms with Crippen LogP contribution in [-0.4, -0.2) is 37.0 Å². The molecule has 0 radical (unpaired) electrons. The van der Waals surface area contributed by atoms with Crippen LogP contribution in [0.25, 0.3) is 0 Å². The number of rotatable bonds is 9. The number of aryl methyl sites for hydroxylation is 1. The maximum atomic E-state index is 13.5. The molecule has 1 atom stereocenters. The first-order valence-electron chi connectivity index (χ1n) is 9.28. The number of anilines is 1. The van der Waals surface area contributed by atoms with Gasteiger partial charge in [0.1, 0.15) is 5.75 Å². The Labute approximate surface area is 176 Å². The SMILES string of the molecule is Cc1ccccc1OCCC(=O)OC(C)C(=O)NCC(=O)Nc1ccc(F)c(F)c1F. The van der Waals surface area contributed by atoms with Crippen LogP contribution in [-0.2, 0) is 19.1 Å². The normalized spacial score (nSPS) is 11.4. The first-order valence-corrected chi connectivity index (χ1v) is 9.28. The van der Waals surface area contributed by atoms with Gasteiger partial charge in [-0.3, -0.25) is 14.4 Å². The third-order valence-electron chi connectivity index (χ3n) is 4.07. The number of ether oxygens (including phenoxy) is 2. The first-order chi connectivity index (χ1) is 14.7. The maximum absolute atomic E-state index is 13.5. The summed E-state index contributed by atoms with van der Waals surface area (Å²) in [4.78, 5) is 35.6. The van der Waals surface area contributed by atoms with Crippen LogP contribution in [0.15, 0.2) is 36.4 Å². The highest BCUT2D eigenvalue weighted by molar-refractivity contribution is 5.95. The van der Waals surface area contributed by atoms with E-state index in [1.165, 1.54) is 6.92 Å². The van der Waals surface area contributed by atoms with Crippen molar-refractivity contribution in [2.24, 2.45) is 0 Å². The Balaban J connectivity index is 1.72. The van der Waals surface area contributed by atoms with E-state index in [1.807, 2.05) is 24.4 Å². The molecule has 0 heterocycles. The molecule has 0 saturated carbocycles. The Morgan fingerprint density at radius 1 is 1.03 bits per heavy atom. The van der Waals surface area contributed by atoms with Gasteiger partial charge in [0.2, 0.25) is 5.91 Å². The predicted octanol–water partition coefficient (Wildman–Crippen LogP) is 2.87. The van der Waals surface area contributed by atoms with Crippen LogP contribution in [0.3, 0.4) is 0 Å². The number of amides is 2. The fraction of sp³-hybridized carbons (Fsp3) is 0.286. The first kappa shape index (κ1) is 23.7. The van der Waals surface area contributed by atoms with Gasteiger partial charge in [-0.2, -0.15) is 0 Å². The van der Waals surface area contributed by atoms with E-state index >= 15 is 0 Å². The summed E-state index contributed by atoms with van der Waals surface area (Å²) >= 11 is 0. The topological polar surface area (TPSA) is 93.7 Å². The number of benzene rings is 2. The number of hydrogen-bond donors (Lipinski definition) is 2. The molecule has 0 aliphatic heterocycles. The molecule has 10 heteroatoms. The molecule has 0 aliphatic rings. The fourth-order valence-electron chi connectivity index (χ4n) is 2.40. The molecule has 0 spiro atoms. The largest absolute Gasteiger partial charge is 0.493 e. The highest BCUT2D eigenvalue weighted by Crippen LogP contribution is 2.19. The standard InChI is InChI=1S/C21H21F3N2O5/c1-12-5-3-4-6-16(12)30-10-9-18(28)31-13(2)21(29)25-11-17(27)26-15-8-7-14(22)19(23)20(15)24/h3-8,13H,9-11H2,1-2H3,(H,25,29)(H,26,27).